The second-order valence-corrected chi connectivity index (χ2v) is 5.93. The zero-order valence-electron chi connectivity index (χ0n) is 11.8. The summed E-state index contributed by atoms with van der Waals surface area (Å²) in [7, 11) is 0. The Balaban J connectivity index is 2.71. The number of carbonyl (C=O) groups is 1. The lowest BCUT2D eigenvalue weighted by Gasteiger charge is -2.17. The van der Waals surface area contributed by atoms with Gasteiger partial charge in [-0.1, -0.05) is 32.9 Å². The van der Waals surface area contributed by atoms with E-state index in [0.29, 0.717) is 6.42 Å². The van der Waals surface area contributed by atoms with Crippen molar-refractivity contribution in [2.75, 3.05) is 0 Å². The van der Waals surface area contributed by atoms with Gasteiger partial charge in [0, 0.05) is 17.0 Å². The standard InChI is InChI=1S/C16H18N2O/c1-11-5-6-13-12(7-8-17)10-18(14(13)9-11)15(19)16(2,3)4/h5-6,9-10H,7H2,1-4H3. The van der Waals surface area contributed by atoms with Crippen LogP contribution < -0.4 is 0 Å². The van der Waals surface area contributed by atoms with Gasteiger partial charge in [-0.05, 0) is 24.1 Å². The van der Waals surface area contributed by atoms with Crippen LogP contribution in [0.3, 0.4) is 0 Å². The third-order valence-corrected chi connectivity index (χ3v) is 3.17. The first-order valence-electron chi connectivity index (χ1n) is 6.37. The molecule has 1 heterocycles. The lowest BCUT2D eigenvalue weighted by Crippen LogP contribution is -2.26. The van der Waals surface area contributed by atoms with Crippen molar-refractivity contribution in [2.24, 2.45) is 5.41 Å². The number of carbonyl (C=O) groups excluding carboxylic acids is 1. The number of nitriles is 1. The molecule has 0 N–H and O–H groups in total. The molecule has 1 aromatic carbocycles. The molecule has 0 unspecified atom stereocenters. The molecular weight excluding hydrogens is 236 g/mol. The zero-order chi connectivity index (χ0) is 14.2. The van der Waals surface area contributed by atoms with Gasteiger partial charge >= 0.3 is 0 Å². The summed E-state index contributed by atoms with van der Waals surface area (Å²) in [4.78, 5) is 12.5. The summed E-state index contributed by atoms with van der Waals surface area (Å²) < 4.78 is 1.69. The number of aryl methyl sites for hydroxylation is 1. The minimum absolute atomic E-state index is 0.0484. The predicted octanol–water partition coefficient (Wildman–Crippen LogP) is 3.70. The van der Waals surface area contributed by atoms with E-state index in [2.05, 4.69) is 6.07 Å². The Morgan fingerprint density at radius 3 is 2.63 bits per heavy atom. The number of benzene rings is 1. The van der Waals surface area contributed by atoms with Gasteiger partial charge in [0.25, 0.3) is 0 Å². The van der Waals surface area contributed by atoms with Crippen LogP contribution in [0.5, 0.6) is 0 Å². The van der Waals surface area contributed by atoms with Crippen molar-refractivity contribution >= 4 is 16.8 Å². The summed E-state index contributed by atoms with van der Waals surface area (Å²) in [6.45, 7) is 7.71. The molecule has 0 fully saturated rings. The summed E-state index contributed by atoms with van der Waals surface area (Å²) in [6.07, 6.45) is 2.13. The second kappa shape index (κ2) is 4.55. The molecular formula is C16H18N2O. The first-order valence-corrected chi connectivity index (χ1v) is 6.37. The highest BCUT2D eigenvalue weighted by molar-refractivity contribution is 5.96. The first kappa shape index (κ1) is 13.4. The van der Waals surface area contributed by atoms with Crippen LogP contribution in [0.1, 0.15) is 36.7 Å². The van der Waals surface area contributed by atoms with E-state index in [9.17, 15) is 4.79 Å². The summed E-state index contributed by atoms with van der Waals surface area (Å²) in [6, 6.07) is 8.16. The quantitative estimate of drug-likeness (QED) is 0.779. The summed E-state index contributed by atoms with van der Waals surface area (Å²) in [5.74, 6) is 0.0484. The fourth-order valence-corrected chi connectivity index (χ4v) is 2.16. The summed E-state index contributed by atoms with van der Waals surface area (Å²) in [5.41, 5.74) is 2.47. The highest BCUT2D eigenvalue weighted by Crippen LogP contribution is 2.26. The van der Waals surface area contributed by atoms with E-state index >= 15 is 0 Å². The zero-order valence-corrected chi connectivity index (χ0v) is 11.8. The smallest absolute Gasteiger partial charge is 0.236 e. The Labute approximate surface area is 113 Å². The molecule has 0 spiro atoms. The number of hydrogen-bond donors (Lipinski definition) is 0. The highest BCUT2D eigenvalue weighted by atomic mass is 16.2. The molecule has 0 radical (unpaired) electrons. The molecule has 0 saturated heterocycles. The molecule has 1 aromatic heterocycles. The maximum absolute atomic E-state index is 12.5. The van der Waals surface area contributed by atoms with Gasteiger partial charge in [-0.15, -0.1) is 0 Å². The molecule has 0 amide bonds. The number of rotatable bonds is 1. The lowest BCUT2D eigenvalue weighted by atomic mass is 9.95. The molecule has 0 aliphatic carbocycles. The minimum atomic E-state index is -0.445. The largest absolute Gasteiger partial charge is 0.286 e. The molecule has 2 rings (SSSR count). The van der Waals surface area contributed by atoms with Crippen LogP contribution in [0, 0.1) is 23.7 Å². The third-order valence-electron chi connectivity index (χ3n) is 3.17. The van der Waals surface area contributed by atoms with Gasteiger partial charge in [0.15, 0.2) is 0 Å². The van der Waals surface area contributed by atoms with Crippen LogP contribution in [-0.2, 0) is 6.42 Å². The van der Waals surface area contributed by atoms with Gasteiger partial charge in [0.2, 0.25) is 5.91 Å². The molecule has 0 aliphatic rings. The molecule has 2 aromatic rings. The van der Waals surface area contributed by atoms with Crippen LogP contribution in [0.4, 0.5) is 0 Å². The Bertz CT molecular complexity index is 681. The van der Waals surface area contributed by atoms with E-state index in [-0.39, 0.29) is 5.91 Å². The Hall–Kier alpha value is -2.08. The maximum atomic E-state index is 12.5. The van der Waals surface area contributed by atoms with Gasteiger partial charge in [-0.3, -0.25) is 9.36 Å². The van der Waals surface area contributed by atoms with Gasteiger partial charge in [-0.25, -0.2) is 0 Å². The van der Waals surface area contributed by atoms with E-state index in [4.69, 9.17) is 5.26 Å². The SMILES string of the molecule is Cc1ccc2c(CC#N)cn(C(=O)C(C)(C)C)c2c1. The van der Waals surface area contributed by atoms with Crippen molar-refractivity contribution in [1.82, 2.24) is 4.57 Å². The molecule has 0 aliphatic heterocycles. The monoisotopic (exact) mass is 254 g/mol. The Kier molecular flexibility index (Phi) is 3.20. The van der Waals surface area contributed by atoms with Crippen LogP contribution in [0.15, 0.2) is 24.4 Å². The fraction of sp³-hybridized carbons (Fsp3) is 0.375. The van der Waals surface area contributed by atoms with E-state index < -0.39 is 5.41 Å². The normalized spacial score (nSPS) is 11.5. The average molecular weight is 254 g/mol. The molecule has 98 valence electrons. The summed E-state index contributed by atoms with van der Waals surface area (Å²) >= 11 is 0. The molecule has 3 nitrogen and oxygen atoms in total. The van der Waals surface area contributed by atoms with Gasteiger partial charge in [0.05, 0.1) is 18.0 Å². The highest BCUT2D eigenvalue weighted by Gasteiger charge is 2.25. The molecule has 0 bridgehead atoms. The van der Waals surface area contributed by atoms with Crippen molar-refractivity contribution in [2.45, 2.75) is 34.1 Å². The molecule has 0 atom stereocenters. The van der Waals surface area contributed by atoms with Crippen LogP contribution in [0.2, 0.25) is 0 Å². The van der Waals surface area contributed by atoms with Crippen molar-refractivity contribution in [1.29, 1.82) is 5.26 Å². The average Bonchev–Trinajstić information content (AvgIpc) is 2.65. The fourth-order valence-electron chi connectivity index (χ4n) is 2.16. The first-order chi connectivity index (χ1) is 8.84. The maximum Gasteiger partial charge on any atom is 0.236 e. The Morgan fingerprint density at radius 2 is 2.05 bits per heavy atom. The third kappa shape index (κ3) is 2.39. The van der Waals surface area contributed by atoms with Crippen molar-refractivity contribution in [3.63, 3.8) is 0 Å². The molecule has 19 heavy (non-hydrogen) atoms. The van der Waals surface area contributed by atoms with Crippen LogP contribution >= 0.6 is 0 Å². The lowest BCUT2D eigenvalue weighted by molar-refractivity contribution is 0.0772. The second-order valence-electron chi connectivity index (χ2n) is 5.93. The van der Waals surface area contributed by atoms with E-state index in [1.807, 2.05) is 45.9 Å². The van der Waals surface area contributed by atoms with Crippen molar-refractivity contribution < 1.29 is 4.79 Å². The van der Waals surface area contributed by atoms with E-state index in [1.165, 1.54) is 0 Å². The molecule has 0 saturated carbocycles. The van der Waals surface area contributed by atoms with Crippen molar-refractivity contribution in [3.8, 4) is 6.07 Å². The van der Waals surface area contributed by atoms with Crippen molar-refractivity contribution in [3.05, 3.63) is 35.5 Å². The van der Waals surface area contributed by atoms with Crippen LogP contribution in [0.25, 0.3) is 10.9 Å². The number of hydrogen-bond acceptors (Lipinski definition) is 2. The summed E-state index contributed by atoms with van der Waals surface area (Å²) in [5, 5.41) is 9.89. The van der Waals surface area contributed by atoms with Gasteiger partial charge in [0.1, 0.15) is 0 Å². The van der Waals surface area contributed by atoms with E-state index in [0.717, 1.165) is 22.0 Å². The Morgan fingerprint density at radius 1 is 1.37 bits per heavy atom. The van der Waals surface area contributed by atoms with Crippen LogP contribution in [-0.4, -0.2) is 10.5 Å². The number of aromatic nitrogens is 1. The number of fused-ring (bicyclic) bond motifs is 1. The predicted molar refractivity (Wildman–Crippen MR) is 76.1 cm³/mol. The van der Waals surface area contributed by atoms with E-state index in [1.54, 1.807) is 10.8 Å². The van der Waals surface area contributed by atoms with Gasteiger partial charge < -0.3 is 0 Å². The minimum Gasteiger partial charge on any atom is -0.286 e. The molecule has 3 heteroatoms. The van der Waals surface area contributed by atoms with Gasteiger partial charge in [-0.2, -0.15) is 5.26 Å². The topological polar surface area (TPSA) is 45.8 Å². The number of nitrogens with zero attached hydrogens (tertiary/aromatic N) is 2.